The minimum Gasteiger partial charge on any atom is -0.450 e. The average Bonchev–Trinajstić information content (AvgIpc) is 1.86. The third-order valence-electron chi connectivity index (χ3n) is 1.23. The molecule has 0 radical (unpaired) electrons. The smallest absolute Gasteiger partial charge is 0.303 e. The maximum atomic E-state index is 10.7. The fourth-order valence-corrected chi connectivity index (χ4v) is 1.06. The number of nitrogens with zero attached hydrogens (tertiary/aromatic N) is 1. The Morgan fingerprint density at radius 1 is 1.90 bits per heavy atom. The van der Waals surface area contributed by atoms with Crippen molar-refractivity contribution in [1.82, 2.24) is 4.67 Å². The van der Waals surface area contributed by atoms with Gasteiger partial charge in [0.15, 0.2) is 6.10 Å². The van der Waals surface area contributed by atoms with Crippen molar-refractivity contribution < 1.29 is 14.3 Å². The molecule has 1 aliphatic rings. The van der Waals surface area contributed by atoms with E-state index in [2.05, 4.69) is 14.1 Å². The van der Waals surface area contributed by atoms with Gasteiger partial charge in [-0.2, -0.15) is 0 Å². The van der Waals surface area contributed by atoms with Crippen LogP contribution in [-0.2, 0) is 14.3 Å². The van der Waals surface area contributed by atoms with E-state index in [9.17, 15) is 9.59 Å². The SMILES string of the molecule is CC(=O)O[C@@H]1CN(P)C1=O. The number of carbonyl (C=O) groups is 2. The maximum Gasteiger partial charge on any atom is 0.303 e. The molecule has 5 heteroatoms. The van der Waals surface area contributed by atoms with E-state index in [-0.39, 0.29) is 5.91 Å². The van der Waals surface area contributed by atoms with Gasteiger partial charge in [-0.15, -0.1) is 0 Å². The van der Waals surface area contributed by atoms with Gasteiger partial charge in [-0.25, -0.2) is 0 Å². The lowest BCUT2D eigenvalue weighted by Gasteiger charge is -2.33. The summed E-state index contributed by atoms with van der Waals surface area (Å²) in [6, 6.07) is 0. The van der Waals surface area contributed by atoms with Gasteiger partial charge in [-0.1, -0.05) is 0 Å². The molecule has 10 heavy (non-hydrogen) atoms. The van der Waals surface area contributed by atoms with Crippen LogP contribution in [0.2, 0.25) is 0 Å². The van der Waals surface area contributed by atoms with Gasteiger partial charge in [0.1, 0.15) is 0 Å². The van der Waals surface area contributed by atoms with Gasteiger partial charge in [-0.3, -0.25) is 9.59 Å². The van der Waals surface area contributed by atoms with Crippen LogP contribution in [0.5, 0.6) is 0 Å². The lowest BCUT2D eigenvalue weighted by Crippen LogP contribution is -2.52. The molecule has 0 bridgehead atoms. The first kappa shape index (κ1) is 7.48. The fraction of sp³-hybridized carbons (Fsp3) is 0.600. The zero-order chi connectivity index (χ0) is 7.72. The molecule has 1 rings (SSSR count). The average molecular weight is 161 g/mol. The quantitative estimate of drug-likeness (QED) is 0.297. The zero-order valence-electron chi connectivity index (χ0n) is 5.53. The topological polar surface area (TPSA) is 46.6 Å². The maximum absolute atomic E-state index is 10.7. The van der Waals surface area contributed by atoms with E-state index in [1.165, 1.54) is 11.6 Å². The van der Waals surface area contributed by atoms with E-state index >= 15 is 0 Å². The molecule has 0 aliphatic carbocycles. The number of β-lactam (4-membered cyclic amide) rings is 1. The van der Waals surface area contributed by atoms with Crippen molar-refractivity contribution in [2.75, 3.05) is 6.54 Å². The third-order valence-corrected chi connectivity index (χ3v) is 1.69. The first-order valence-corrected chi connectivity index (χ1v) is 3.36. The zero-order valence-corrected chi connectivity index (χ0v) is 6.69. The summed E-state index contributed by atoms with van der Waals surface area (Å²) in [7, 11) is 2.24. The van der Waals surface area contributed by atoms with Crippen LogP contribution in [0.3, 0.4) is 0 Å². The van der Waals surface area contributed by atoms with Crippen LogP contribution in [0.4, 0.5) is 0 Å². The second kappa shape index (κ2) is 2.54. The Morgan fingerprint density at radius 2 is 2.50 bits per heavy atom. The largest absolute Gasteiger partial charge is 0.450 e. The Balaban J connectivity index is 2.34. The molecule has 0 N–H and O–H groups in total. The highest BCUT2D eigenvalue weighted by atomic mass is 31.0. The molecule has 1 aliphatic heterocycles. The molecule has 0 spiro atoms. The summed E-state index contributed by atoms with van der Waals surface area (Å²) in [6.45, 7) is 1.78. The molecule has 4 nitrogen and oxygen atoms in total. The standard InChI is InChI=1S/C5H8NO3P/c1-3(7)9-4-2-6(10)5(4)8/h4H,2,10H2,1H3/t4-/m1/s1. The number of amides is 1. The Kier molecular flexibility index (Phi) is 1.90. The second-order valence-electron chi connectivity index (χ2n) is 2.09. The molecule has 0 aromatic carbocycles. The van der Waals surface area contributed by atoms with Crippen LogP contribution in [0.1, 0.15) is 6.92 Å². The highest BCUT2D eigenvalue weighted by Crippen LogP contribution is 2.17. The van der Waals surface area contributed by atoms with Crippen molar-refractivity contribution in [3.8, 4) is 0 Å². The highest BCUT2D eigenvalue weighted by Gasteiger charge is 2.36. The molecule has 1 unspecified atom stereocenters. The minimum absolute atomic E-state index is 0.153. The highest BCUT2D eigenvalue weighted by molar-refractivity contribution is 7.15. The molecule has 1 amide bonds. The summed E-state index contributed by atoms with van der Waals surface area (Å²) in [5.74, 6) is -0.559. The Morgan fingerprint density at radius 3 is 2.80 bits per heavy atom. The predicted octanol–water partition coefficient (Wildman–Crippen LogP) is -0.450. The van der Waals surface area contributed by atoms with E-state index in [4.69, 9.17) is 0 Å². The van der Waals surface area contributed by atoms with Gasteiger partial charge in [0.25, 0.3) is 5.91 Å². The van der Waals surface area contributed by atoms with E-state index in [1.807, 2.05) is 0 Å². The van der Waals surface area contributed by atoms with Crippen molar-refractivity contribution in [3.63, 3.8) is 0 Å². The molecule has 56 valence electrons. The Bertz CT molecular complexity index is 182. The number of ether oxygens (including phenoxy) is 1. The lowest BCUT2D eigenvalue weighted by atomic mass is 10.2. The molecule has 0 saturated carbocycles. The van der Waals surface area contributed by atoms with Crippen molar-refractivity contribution in [3.05, 3.63) is 0 Å². The van der Waals surface area contributed by atoms with E-state index in [1.54, 1.807) is 0 Å². The van der Waals surface area contributed by atoms with E-state index in [0.717, 1.165) is 0 Å². The van der Waals surface area contributed by atoms with Crippen molar-refractivity contribution in [2.45, 2.75) is 13.0 Å². The minimum atomic E-state index is -0.532. The number of carbonyl (C=O) groups excluding carboxylic acids is 2. The van der Waals surface area contributed by atoms with Crippen LogP contribution in [-0.4, -0.2) is 29.2 Å². The molecule has 0 aromatic rings. The van der Waals surface area contributed by atoms with Gasteiger partial charge >= 0.3 is 5.97 Å². The number of hydrogen-bond donors (Lipinski definition) is 0. The van der Waals surface area contributed by atoms with Crippen LogP contribution in [0.15, 0.2) is 0 Å². The summed E-state index contributed by atoms with van der Waals surface area (Å²) in [4.78, 5) is 21.0. The fourth-order valence-electron chi connectivity index (χ4n) is 0.707. The molecule has 1 heterocycles. The first-order chi connectivity index (χ1) is 4.61. The normalized spacial score (nSPS) is 24.0. The molecular weight excluding hydrogens is 153 g/mol. The first-order valence-electron chi connectivity index (χ1n) is 2.84. The van der Waals surface area contributed by atoms with Gasteiger partial charge in [0.05, 0.1) is 6.54 Å². The molecule has 0 aromatic heterocycles. The predicted molar refractivity (Wildman–Crippen MR) is 37.0 cm³/mol. The Labute approximate surface area is 60.8 Å². The summed E-state index contributed by atoms with van der Waals surface area (Å²) >= 11 is 0. The third kappa shape index (κ3) is 1.27. The van der Waals surface area contributed by atoms with Crippen LogP contribution in [0, 0.1) is 0 Å². The Hall–Kier alpha value is -0.630. The molecular formula is C5H8NO3P. The van der Waals surface area contributed by atoms with Crippen molar-refractivity contribution in [1.29, 1.82) is 0 Å². The van der Waals surface area contributed by atoms with Gasteiger partial charge in [0.2, 0.25) is 0 Å². The summed E-state index contributed by atoms with van der Waals surface area (Å²) < 4.78 is 6.05. The summed E-state index contributed by atoms with van der Waals surface area (Å²) in [5, 5.41) is 0. The van der Waals surface area contributed by atoms with Crippen molar-refractivity contribution >= 4 is 21.3 Å². The van der Waals surface area contributed by atoms with Crippen LogP contribution >= 0.6 is 9.39 Å². The van der Waals surface area contributed by atoms with E-state index < -0.39 is 12.1 Å². The van der Waals surface area contributed by atoms with Gasteiger partial charge in [-0.05, 0) is 9.39 Å². The van der Waals surface area contributed by atoms with Gasteiger partial charge < -0.3 is 9.41 Å². The lowest BCUT2D eigenvalue weighted by molar-refractivity contribution is -0.165. The summed E-state index contributed by atoms with van der Waals surface area (Å²) in [6.07, 6.45) is -0.532. The second-order valence-corrected chi connectivity index (χ2v) is 2.71. The molecule has 1 fully saturated rings. The van der Waals surface area contributed by atoms with Gasteiger partial charge in [0, 0.05) is 6.92 Å². The van der Waals surface area contributed by atoms with Crippen LogP contribution in [0.25, 0.3) is 0 Å². The molecule has 1 saturated heterocycles. The number of rotatable bonds is 1. The summed E-state index contributed by atoms with van der Waals surface area (Å²) in [5.41, 5.74) is 0. The molecule has 2 atom stereocenters. The number of esters is 1. The van der Waals surface area contributed by atoms with Crippen LogP contribution < -0.4 is 0 Å². The van der Waals surface area contributed by atoms with E-state index in [0.29, 0.717) is 6.54 Å². The van der Waals surface area contributed by atoms with Crippen molar-refractivity contribution in [2.24, 2.45) is 0 Å². The monoisotopic (exact) mass is 161 g/mol. The number of hydrogen-bond acceptors (Lipinski definition) is 3.